The van der Waals surface area contributed by atoms with E-state index in [4.69, 9.17) is 9.72 Å². The van der Waals surface area contributed by atoms with Crippen LogP contribution < -0.4 is 14.5 Å². The van der Waals surface area contributed by atoms with E-state index < -0.39 is 0 Å². The largest absolute Gasteiger partial charge is 0.496 e. The van der Waals surface area contributed by atoms with E-state index in [0.29, 0.717) is 19.5 Å². The molecule has 1 amide bonds. The zero-order chi connectivity index (χ0) is 19.3. The molecule has 7 nitrogen and oxygen atoms in total. The Morgan fingerprint density at radius 2 is 1.75 bits per heavy atom. The van der Waals surface area contributed by atoms with Crippen molar-refractivity contribution in [2.45, 2.75) is 19.3 Å². The normalized spacial score (nSPS) is 17.1. The molecule has 0 N–H and O–H groups in total. The van der Waals surface area contributed by atoms with Gasteiger partial charge in [-0.1, -0.05) is 18.2 Å². The Labute approximate surface area is 165 Å². The molecule has 1 aromatic carbocycles. The number of carbonyl (C=O) groups excluding carboxylic acids is 1. The molecule has 2 aliphatic rings. The second-order valence-electron chi connectivity index (χ2n) is 7.27. The number of hydrogen-bond donors (Lipinski definition) is 0. The lowest BCUT2D eigenvalue weighted by molar-refractivity contribution is -0.130. The number of piperazine rings is 1. The van der Waals surface area contributed by atoms with Crippen molar-refractivity contribution in [2.24, 2.45) is 0 Å². The van der Waals surface area contributed by atoms with Crippen LogP contribution in [-0.2, 0) is 11.2 Å². The Morgan fingerprint density at radius 1 is 1.00 bits per heavy atom. The number of carbonyl (C=O) groups is 1. The first-order valence-corrected chi connectivity index (χ1v) is 9.97. The number of benzene rings is 1. The molecule has 2 saturated heterocycles. The van der Waals surface area contributed by atoms with E-state index >= 15 is 0 Å². The number of nitrogens with zero attached hydrogens (tertiary/aromatic N) is 5. The molecule has 148 valence electrons. The fourth-order valence-electron chi connectivity index (χ4n) is 3.89. The maximum Gasteiger partial charge on any atom is 0.227 e. The first-order chi connectivity index (χ1) is 13.7. The van der Waals surface area contributed by atoms with Crippen molar-refractivity contribution in [3.05, 3.63) is 42.1 Å². The SMILES string of the molecule is COc1ccccc1CC(=O)N1CCN(c2ccnc(N3CCCC3)n2)CC1. The predicted octanol–water partition coefficient (Wildman–Crippen LogP) is 1.98. The van der Waals surface area contributed by atoms with Crippen molar-refractivity contribution in [3.63, 3.8) is 0 Å². The second-order valence-corrected chi connectivity index (χ2v) is 7.27. The topological polar surface area (TPSA) is 61.8 Å². The Bertz CT molecular complexity index is 814. The second kappa shape index (κ2) is 8.46. The maximum atomic E-state index is 12.7. The third kappa shape index (κ3) is 4.03. The van der Waals surface area contributed by atoms with Gasteiger partial charge >= 0.3 is 0 Å². The number of para-hydroxylation sites is 1. The third-order valence-electron chi connectivity index (χ3n) is 5.51. The van der Waals surface area contributed by atoms with E-state index in [9.17, 15) is 4.79 Å². The minimum atomic E-state index is 0.143. The Balaban J connectivity index is 1.35. The molecule has 0 unspecified atom stereocenters. The molecule has 3 heterocycles. The van der Waals surface area contributed by atoms with E-state index in [1.807, 2.05) is 41.4 Å². The van der Waals surface area contributed by atoms with Crippen molar-refractivity contribution in [2.75, 3.05) is 56.2 Å². The summed E-state index contributed by atoms with van der Waals surface area (Å²) in [7, 11) is 1.64. The average Bonchev–Trinajstić information content (AvgIpc) is 3.29. The summed E-state index contributed by atoms with van der Waals surface area (Å²) >= 11 is 0. The fraction of sp³-hybridized carbons (Fsp3) is 0.476. The third-order valence-corrected chi connectivity index (χ3v) is 5.51. The quantitative estimate of drug-likeness (QED) is 0.789. The summed E-state index contributed by atoms with van der Waals surface area (Å²) in [5.74, 6) is 2.69. The molecule has 0 radical (unpaired) electrons. The van der Waals surface area contributed by atoms with Crippen LogP contribution in [0.2, 0.25) is 0 Å². The molecule has 2 aliphatic heterocycles. The minimum Gasteiger partial charge on any atom is -0.496 e. The number of aromatic nitrogens is 2. The van der Waals surface area contributed by atoms with Gasteiger partial charge in [0.15, 0.2) is 0 Å². The summed E-state index contributed by atoms with van der Waals surface area (Å²) in [5.41, 5.74) is 0.934. The molecule has 0 spiro atoms. The van der Waals surface area contributed by atoms with Gasteiger partial charge in [0, 0.05) is 51.0 Å². The highest BCUT2D eigenvalue weighted by molar-refractivity contribution is 5.79. The number of ether oxygens (including phenoxy) is 1. The van der Waals surface area contributed by atoms with E-state index in [1.165, 1.54) is 12.8 Å². The molecular weight excluding hydrogens is 354 g/mol. The summed E-state index contributed by atoms with van der Waals surface area (Å²) < 4.78 is 5.36. The monoisotopic (exact) mass is 381 g/mol. The predicted molar refractivity (Wildman–Crippen MR) is 109 cm³/mol. The Kier molecular flexibility index (Phi) is 5.60. The van der Waals surface area contributed by atoms with Gasteiger partial charge in [-0.2, -0.15) is 4.98 Å². The number of amides is 1. The summed E-state index contributed by atoms with van der Waals surface area (Å²) in [6.45, 7) is 5.06. The van der Waals surface area contributed by atoms with E-state index in [1.54, 1.807) is 7.11 Å². The average molecular weight is 381 g/mol. The number of anilines is 2. The Hall–Kier alpha value is -2.83. The molecule has 0 atom stereocenters. The lowest BCUT2D eigenvalue weighted by Gasteiger charge is -2.35. The van der Waals surface area contributed by atoms with Crippen LogP contribution in [0.1, 0.15) is 18.4 Å². The Morgan fingerprint density at radius 3 is 2.50 bits per heavy atom. The van der Waals surface area contributed by atoms with Crippen LogP contribution in [0.15, 0.2) is 36.5 Å². The van der Waals surface area contributed by atoms with Gasteiger partial charge in [-0.3, -0.25) is 4.79 Å². The summed E-state index contributed by atoms with van der Waals surface area (Å²) in [6.07, 6.45) is 4.63. The zero-order valence-corrected chi connectivity index (χ0v) is 16.4. The molecule has 0 aliphatic carbocycles. The van der Waals surface area contributed by atoms with Crippen LogP contribution in [-0.4, -0.2) is 67.2 Å². The molecule has 0 bridgehead atoms. The van der Waals surface area contributed by atoms with Gasteiger partial charge in [0.1, 0.15) is 11.6 Å². The highest BCUT2D eigenvalue weighted by Gasteiger charge is 2.23. The summed E-state index contributed by atoms with van der Waals surface area (Å²) in [5, 5.41) is 0. The van der Waals surface area contributed by atoms with E-state index in [-0.39, 0.29) is 5.91 Å². The van der Waals surface area contributed by atoms with Gasteiger partial charge in [-0.05, 0) is 25.0 Å². The van der Waals surface area contributed by atoms with Crippen LogP contribution >= 0.6 is 0 Å². The van der Waals surface area contributed by atoms with Crippen molar-refractivity contribution < 1.29 is 9.53 Å². The van der Waals surface area contributed by atoms with E-state index in [2.05, 4.69) is 14.8 Å². The first-order valence-electron chi connectivity index (χ1n) is 9.97. The number of hydrogen-bond acceptors (Lipinski definition) is 6. The van der Waals surface area contributed by atoms with Gasteiger partial charge in [0.25, 0.3) is 0 Å². The van der Waals surface area contributed by atoms with Gasteiger partial charge in [-0.25, -0.2) is 4.98 Å². The highest BCUT2D eigenvalue weighted by Crippen LogP contribution is 2.21. The van der Waals surface area contributed by atoms with Crippen LogP contribution in [0, 0.1) is 0 Å². The van der Waals surface area contributed by atoms with Gasteiger partial charge in [-0.15, -0.1) is 0 Å². The highest BCUT2D eigenvalue weighted by atomic mass is 16.5. The number of rotatable bonds is 5. The van der Waals surface area contributed by atoms with Gasteiger partial charge in [0.05, 0.1) is 13.5 Å². The van der Waals surface area contributed by atoms with Crippen molar-refractivity contribution >= 4 is 17.7 Å². The molecule has 1 aromatic heterocycles. The first kappa shape index (κ1) is 18.5. The maximum absolute atomic E-state index is 12.7. The van der Waals surface area contributed by atoms with Gasteiger partial charge in [0.2, 0.25) is 11.9 Å². The molecule has 2 fully saturated rings. The van der Waals surface area contributed by atoms with Crippen LogP contribution in [0.3, 0.4) is 0 Å². The van der Waals surface area contributed by atoms with Crippen molar-refractivity contribution in [1.82, 2.24) is 14.9 Å². The van der Waals surface area contributed by atoms with Crippen LogP contribution in [0.4, 0.5) is 11.8 Å². The molecule has 28 heavy (non-hydrogen) atoms. The lowest BCUT2D eigenvalue weighted by atomic mass is 10.1. The minimum absolute atomic E-state index is 0.143. The number of methoxy groups -OCH3 is 1. The van der Waals surface area contributed by atoms with E-state index in [0.717, 1.165) is 49.3 Å². The zero-order valence-electron chi connectivity index (χ0n) is 16.4. The smallest absolute Gasteiger partial charge is 0.227 e. The molecule has 2 aromatic rings. The van der Waals surface area contributed by atoms with Crippen LogP contribution in [0.5, 0.6) is 5.75 Å². The lowest BCUT2D eigenvalue weighted by Crippen LogP contribution is -2.49. The molecule has 4 rings (SSSR count). The van der Waals surface area contributed by atoms with Crippen molar-refractivity contribution in [1.29, 1.82) is 0 Å². The summed E-state index contributed by atoms with van der Waals surface area (Å²) in [6, 6.07) is 9.67. The summed E-state index contributed by atoms with van der Waals surface area (Å²) in [4.78, 5) is 28.3. The molecular formula is C21H27N5O2. The molecule has 0 saturated carbocycles. The standard InChI is InChI=1S/C21H27N5O2/c1-28-18-7-3-2-6-17(18)16-20(27)25-14-12-24(13-15-25)19-8-9-22-21(23-19)26-10-4-5-11-26/h2-3,6-9H,4-5,10-16H2,1H3. The van der Waals surface area contributed by atoms with Crippen molar-refractivity contribution in [3.8, 4) is 5.75 Å². The van der Waals surface area contributed by atoms with Crippen LogP contribution in [0.25, 0.3) is 0 Å². The van der Waals surface area contributed by atoms with Gasteiger partial charge < -0.3 is 19.4 Å². The fourth-order valence-corrected chi connectivity index (χ4v) is 3.89. The molecule has 7 heteroatoms.